The Morgan fingerprint density at radius 1 is 0.974 bits per heavy atom. The number of ether oxygens (including phenoxy) is 2. The lowest BCUT2D eigenvalue weighted by Crippen LogP contribution is -2.35. The van der Waals surface area contributed by atoms with E-state index in [-0.39, 0.29) is 13.2 Å². The zero-order valence-corrected chi connectivity index (χ0v) is 21.2. The van der Waals surface area contributed by atoms with Crippen LogP contribution in [0.3, 0.4) is 0 Å². The van der Waals surface area contributed by atoms with E-state index < -0.39 is 29.4 Å². The number of imide groups is 1. The molecule has 0 saturated carbocycles. The van der Waals surface area contributed by atoms with Crippen molar-refractivity contribution in [1.29, 1.82) is 0 Å². The van der Waals surface area contributed by atoms with Crippen molar-refractivity contribution in [2.24, 2.45) is 5.41 Å². The van der Waals surface area contributed by atoms with Gasteiger partial charge in [-0.25, -0.2) is 4.79 Å². The predicted octanol–water partition coefficient (Wildman–Crippen LogP) is 4.47. The van der Waals surface area contributed by atoms with Gasteiger partial charge in [0.25, 0.3) is 5.91 Å². The minimum Gasteiger partial charge on any atom is -0.491 e. The smallest absolute Gasteiger partial charge is 0.414 e. The number of nitrogen functional groups attached to an aromatic ring is 1. The minimum absolute atomic E-state index is 0.127. The van der Waals surface area contributed by atoms with Crippen LogP contribution in [0, 0.1) is 5.41 Å². The average molecular weight is 518 g/mol. The Bertz CT molecular complexity index is 1270. The third-order valence-electron chi connectivity index (χ3n) is 5.58. The van der Waals surface area contributed by atoms with Gasteiger partial charge in [-0.3, -0.25) is 14.9 Å². The molecule has 0 bridgehead atoms. The Morgan fingerprint density at radius 2 is 1.63 bits per heavy atom. The Kier molecular flexibility index (Phi) is 9.61. The molecule has 198 valence electrons. The summed E-state index contributed by atoms with van der Waals surface area (Å²) in [7, 11) is 0. The first-order valence-electron chi connectivity index (χ1n) is 11.9. The van der Waals surface area contributed by atoms with Gasteiger partial charge in [-0.2, -0.15) is 0 Å². The molecule has 0 radical (unpaired) electrons. The largest absolute Gasteiger partial charge is 0.491 e. The van der Waals surface area contributed by atoms with E-state index in [1.807, 2.05) is 0 Å². The standard InChI is InChI=1S/C29H31N3O6/c1-29(2,17-16-25(34)31-24-11-7-6-10-23(24)30)26(20-12-14-22(15-13-20)37-19-18-33)38-28(36)32-27(35)21-8-4-3-5-9-21/h3-17,26,33H,18-19,30H2,1-2H3,(H,31,34)(H,32,35,36)/b17-16+/t26-/m1/s1. The van der Waals surface area contributed by atoms with Crippen LogP contribution in [-0.4, -0.2) is 36.2 Å². The summed E-state index contributed by atoms with van der Waals surface area (Å²) in [4.78, 5) is 37.8. The quantitative estimate of drug-likeness (QED) is 0.230. The summed E-state index contributed by atoms with van der Waals surface area (Å²) in [6, 6.07) is 22.0. The molecular formula is C29H31N3O6. The van der Waals surface area contributed by atoms with Crippen LogP contribution < -0.4 is 21.1 Å². The second-order valence-electron chi connectivity index (χ2n) is 8.98. The second kappa shape index (κ2) is 13.1. The van der Waals surface area contributed by atoms with Gasteiger partial charge in [0.05, 0.1) is 18.0 Å². The number of aliphatic hydroxyl groups excluding tert-OH is 1. The topological polar surface area (TPSA) is 140 Å². The number of para-hydroxylation sites is 2. The number of nitrogens with one attached hydrogen (secondary N) is 2. The molecule has 3 amide bonds. The minimum atomic E-state index is -0.938. The molecule has 0 spiro atoms. The third-order valence-corrected chi connectivity index (χ3v) is 5.58. The van der Waals surface area contributed by atoms with Gasteiger partial charge in [-0.05, 0) is 48.0 Å². The average Bonchev–Trinajstić information content (AvgIpc) is 2.91. The molecule has 0 saturated heterocycles. The summed E-state index contributed by atoms with van der Waals surface area (Å²) in [6.07, 6.45) is 1.14. The Morgan fingerprint density at radius 3 is 2.29 bits per heavy atom. The lowest BCUT2D eigenvalue weighted by Gasteiger charge is -2.31. The molecule has 9 heteroatoms. The summed E-state index contributed by atoms with van der Waals surface area (Å²) in [5.41, 5.74) is 6.83. The van der Waals surface area contributed by atoms with E-state index in [0.717, 1.165) is 0 Å². The number of benzene rings is 3. The number of carbonyl (C=O) groups is 3. The maximum absolute atomic E-state index is 12.8. The molecule has 0 fully saturated rings. The van der Waals surface area contributed by atoms with Crippen molar-refractivity contribution < 1.29 is 29.0 Å². The molecule has 38 heavy (non-hydrogen) atoms. The normalized spacial score (nSPS) is 12.0. The molecule has 3 rings (SSSR count). The van der Waals surface area contributed by atoms with E-state index in [1.165, 1.54) is 6.08 Å². The van der Waals surface area contributed by atoms with Gasteiger partial charge >= 0.3 is 6.09 Å². The Balaban J connectivity index is 1.80. The molecule has 3 aromatic rings. The fraction of sp³-hybridized carbons (Fsp3) is 0.207. The highest BCUT2D eigenvalue weighted by Gasteiger charge is 2.33. The van der Waals surface area contributed by atoms with Gasteiger partial charge in [0.1, 0.15) is 18.5 Å². The molecule has 0 aliphatic heterocycles. The molecule has 0 aliphatic rings. The van der Waals surface area contributed by atoms with E-state index in [9.17, 15) is 14.4 Å². The summed E-state index contributed by atoms with van der Waals surface area (Å²) in [5, 5.41) is 13.9. The van der Waals surface area contributed by atoms with E-state index in [2.05, 4.69) is 10.6 Å². The molecule has 5 N–H and O–H groups in total. The summed E-state index contributed by atoms with van der Waals surface area (Å²) in [6.45, 7) is 3.60. The number of amides is 3. The maximum atomic E-state index is 12.8. The van der Waals surface area contributed by atoms with Crippen molar-refractivity contribution in [3.8, 4) is 5.75 Å². The van der Waals surface area contributed by atoms with Crippen LogP contribution in [0.4, 0.5) is 16.2 Å². The molecule has 3 aromatic carbocycles. The van der Waals surface area contributed by atoms with Crippen molar-refractivity contribution in [2.45, 2.75) is 20.0 Å². The van der Waals surface area contributed by atoms with Crippen LogP contribution in [0.5, 0.6) is 5.75 Å². The highest BCUT2D eigenvalue weighted by atomic mass is 16.6. The van der Waals surface area contributed by atoms with Crippen LogP contribution in [0.15, 0.2) is 91.0 Å². The molecule has 0 aliphatic carbocycles. The van der Waals surface area contributed by atoms with Gasteiger partial charge in [-0.15, -0.1) is 0 Å². The Hall–Kier alpha value is -4.63. The van der Waals surface area contributed by atoms with Gasteiger partial charge in [0, 0.05) is 11.0 Å². The lowest BCUT2D eigenvalue weighted by molar-refractivity contribution is -0.112. The van der Waals surface area contributed by atoms with E-state index >= 15 is 0 Å². The second-order valence-corrected chi connectivity index (χ2v) is 8.98. The molecule has 1 atom stereocenters. The number of hydrogen-bond donors (Lipinski definition) is 4. The zero-order valence-electron chi connectivity index (χ0n) is 21.2. The maximum Gasteiger partial charge on any atom is 0.414 e. The number of anilines is 2. The van der Waals surface area contributed by atoms with Crippen LogP contribution in [0.25, 0.3) is 0 Å². The van der Waals surface area contributed by atoms with Gasteiger partial charge in [-0.1, -0.05) is 62.4 Å². The van der Waals surface area contributed by atoms with Crippen molar-refractivity contribution >= 4 is 29.3 Å². The fourth-order valence-corrected chi connectivity index (χ4v) is 3.61. The molecular weight excluding hydrogens is 486 g/mol. The first kappa shape index (κ1) is 27.9. The number of aliphatic hydroxyl groups is 1. The Labute approximate surface area is 221 Å². The summed E-state index contributed by atoms with van der Waals surface area (Å²) >= 11 is 0. The number of alkyl carbamates (subject to hydrolysis) is 1. The highest BCUT2D eigenvalue weighted by Crippen LogP contribution is 2.38. The molecule has 9 nitrogen and oxygen atoms in total. The zero-order chi connectivity index (χ0) is 27.5. The van der Waals surface area contributed by atoms with Crippen LogP contribution in [-0.2, 0) is 9.53 Å². The first-order chi connectivity index (χ1) is 18.2. The number of carbonyl (C=O) groups excluding carboxylic acids is 3. The van der Waals surface area contributed by atoms with Crippen LogP contribution in [0.1, 0.15) is 35.9 Å². The van der Waals surface area contributed by atoms with E-state index in [0.29, 0.717) is 28.3 Å². The molecule has 0 unspecified atom stereocenters. The van der Waals surface area contributed by atoms with Crippen molar-refractivity contribution in [3.63, 3.8) is 0 Å². The third kappa shape index (κ3) is 7.94. The van der Waals surface area contributed by atoms with Crippen molar-refractivity contribution in [3.05, 3.63) is 102 Å². The number of nitrogens with two attached hydrogens (primary N) is 1. The van der Waals surface area contributed by atoms with Gasteiger partial charge in [0.2, 0.25) is 5.91 Å². The van der Waals surface area contributed by atoms with Gasteiger partial charge < -0.3 is 25.6 Å². The van der Waals surface area contributed by atoms with Crippen LogP contribution >= 0.6 is 0 Å². The predicted molar refractivity (Wildman–Crippen MR) is 145 cm³/mol. The van der Waals surface area contributed by atoms with Crippen molar-refractivity contribution in [1.82, 2.24) is 5.32 Å². The highest BCUT2D eigenvalue weighted by molar-refractivity contribution is 6.03. The van der Waals surface area contributed by atoms with Crippen LogP contribution in [0.2, 0.25) is 0 Å². The first-order valence-corrected chi connectivity index (χ1v) is 11.9. The SMILES string of the molecule is CC(C)(/C=C/C(=O)Nc1ccccc1N)[C@H](OC(=O)NC(=O)c1ccccc1)c1ccc(OCCO)cc1. The molecule has 0 aromatic heterocycles. The van der Waals surface area contributed by atoms with Gasteiger partial charge in [0.15, 0.2) is 0 Å². The lowest BCUT2D eigenvalue weighted by atomic mass is 9.82. The monoisotopic (exact) mass is 517 g/mol. The number of rotatable bonds is 10. The summed E-state index contributed by atoms with van der Waals surface area (Å²) < 4.78 is 11.1. The van der Waals surface area contributed by atoms with Crippen molar-refractivity contribution in [2.75, 3.05) is 24.3 Å². The van der Waals surface area contributed by atoms with E-state index in [1.54, 1.807) is 98.8 Å². The fourth-order valence-electron chi connectivity index (χ4n) is 3.61. The summed E-state index contributed by atoms with van der Waals surface area (Å²) in [5.74, 6) is -0.486. The van der Waals surface area contributed by atoms with E-state index in [4.69, 9.17) is 20.3 Å². The number of hydrogen-bond acceptors (Lipinski definition) is 7. The molecule has 0 heterocycles.